The Bertz CT molecular complexity index is 1500. The van der Waals surface area contributed by atoms with Crippen LogP contribution < -0.4 is 10.0 Å². The van der Waals surface area contributed by atoms with Crippen LogP contribution in [0.2, 0.25) is 0 Å². The van der Waals surface area contributed by atoms with Gasteiger partial charge in [0, 0.05) is 57.6 Å². The molecule has 2 aromatic rings. The number of nitrogens with one attached hydrogen (secondary N) is 3. The van der Waals surface area contributed by atoms with E-state index in [4.69, 9.17) is 4.74 Å². The Hall–Kier alpha value is -2.88. The molecule has 3 aliphatic rings. The number of carbonyl (C=O) groups is 2. The summed E-state index contributed by atoms with van der Waals surface area (Å²) in [4.78, 5) is 34.2. The summed E-state index contributed by atoms with van der Waals surface area (Å²) in [7, 11) is -3.74. The van der Waals surface area contributed by atoms with E-state index in [1.165, 1.54) is 0 Å². The van der Waals surface area contributed by atoms with Crippen LogP contribution in [0.1, 0.15) is 74.8 Å². The topological polar surface area (TPSA) is 160 Å². The Labute approximate surface area is 284 Å². The fraction of sp³-hybridized carbons (Fsp3) is 0.676. The second-order valence-corrected chi connectivity index (χ2v) is 15.6. The van der Waals surface area contributed by atoms with Gasteiger partial charge >= 0.3 is 0 Å². The average Bonchev–Trinajstić information content (AvgIpc) is 3.58. The number of aromatic amines is 1. The van der Waals surface area contributed by atoms with Gasteiger partial charge in [-0.3, -0.25) is 24.5 Å². The lowest BCUT2D eigenvalue weighted by Gasteiger charge is -2.53. The van der Waals surface area contributed by atoms with Crippen LogP contribution in [0, 0.1) is 19.8 Å². The molecule has 266 valence electrons. The number of piperidine rings is 1. The number of hydrogen-bond donors (Lipinski definition) is 4. The Balaban J connectivity index is 1.37. The number of morpholine rings is 1. The highest BCUT2D eigenvalue weighted by Crippen LogP contribution is 2.39. The molecule has 0 radical (unpaired) electrons. The third-order valence-electron chi connectivity index (χ3n) is 10.2. The molecule has 2 amide bonds. The van der Waals surface area contributed by atoms with E-state index in [9.17, 15) is 23.1 Å². The Kier molecular flexibility index (Phi) is 11.6. The second-order valence-electron chi connectivity index (χ2n) is 13.9. The first-order chi connectivity index (χ1) is 22.9. The Morgan fingerprint density at radius 3 is 2.31 bits per heavy atom. The number of aliphatic hydroxyl groups excluding tert-OH is 1. The number of aromatic nitrogens is 2. The quantitative estimate of drug-likeness (QED) is 0.246. The maximum Gasteiger partial charge on any atom is 0.248 e. The van der Waals surface area contributed by atoms with E-state index in [2.05, 4.69) is 37.0 Å². The first kappa shape index (κ1) is 36.4. The fourth-order valence-corrected chi connectivity index (χ4v) is 9.04. The molecule has 1 aromatic heterocycles. The van der Waals surface area contributed by atoms with Gasteiger partial charge in [-0.15, -0.1) is 0 Å². The van der Waals surface area contributed by atoms with Crippen LogP contribution >= 0.6 is 0 Å². The molecule has 3 atom stereocenters. The predicted molar refractivity (Wildman–Crippen MR) is 182 cm³/mol. The van der Waals surface area contributed by atoms with Crippen molar-refractivity contribution in [1.29, 1.82) is 0 Å². The van der Waals surface area contributed by atoms with Crippen molar-refractivity contribution in [2.45, 2.75) is 88.9 Å². The first-order valence-corrected chi connectivity index (χ1v) is 18.8. The van der Waals surface area contributed by atoms with Gasteiger partial charge in [0.05, 0.1) is 36.5 Å². The molecule has 0 bridgehead atoms. The number of rotatable bonds is 13. The van der Waals surface area contributed by atoms with Gasteiger partial charge in [-0.1, -0.05) is 39.3 Å². The van der Waals surface area contributed by atoms with Crippen molar-refractivity contribution >= 4 is 21.8 Å². The zero-order valence-corrected chi connectivity index (χ0v) is 29.8. The minimum atomic E-state index is -3.74. The van der Waals surface area contributed by atoms with Gasteiger partial charge in [0.2, 0.25) is 21.8 Å². The van der Waals surface area contributed by atoms with E-state index in [1.807, 2.05) is 46.0 Å². The molecule has 1 aromatic carbocycles. The Morgan fingerprint density at radius 1 is 1.06 bits per heavy atom. The van der Waals surface area contributed by atoms with Gasteiger partial charge in [-0.2, -0.15) is 5.10 Å². The molecule has 4 heterocycles. The Morgan fingerprint density at radius 2 is 1.73 bits per heavy atom. The normalized spacial score (nSPS) is 22.3. The average molecular weight is 688 g/mol. The number of carbonyl (C=O) groups excluding carboxylic acids is 2. The summed E-state index contributed by atoms with van der Waals surface area (Å²) in [5.41, 5.74) is 2.18. The van der Waals surface area contributed by atoms with E-state index < -0.39 is 27.7 Å². The molecular weight excluding hydrogens is 634 g/mol. The molecule has 3 saturated heterocycles. The number of piperazine rings is 1. The van der Waals surface area contributed by atoms with Crippen LogP contribution in [0.25, 0.3) is 0 Å². The minimum Gasteiger partial charge on any atom is -0.390 e. The number of aliphatic hydroxyl groups is 1. The molecule has 4 N–H and O–H groups in total. The summed E-state index contributed by atoms with van der Waals surface area (Å²) in [5.74, 6) is -0.603. The van der Waals surface area contributed by atoms with Crippen molar-refractivity contribution in [3.05, 3.63) is 46.8 Å². The highest BCUT2D eigenvalue weighted by molar-refractivity contribution is 7.89. The van der Waals surface area contributed by atoms with Crippen molar-refractivity contribution in [2.75, 3.05) is 59.0 Å². The van der Waals surface area contributed by atoms with Crippen molar-refractivity contribution in [1.82, 2.24) is 34.9 Å². The first-order valence-electron chi connectivity index (χ1n) is 17.3. The molecule has 3 aliphatic heterocycles. The summed E-state index contributed by atoms with van der Waals surface area (Å²) in [5, 5.41) is 20.8. The molecule has 1 unspecified atom stereocenters. The molecule has 48 heavy (non-hydrogen) atoms. The van der Waals surface area contributed by atoms with E-state index in [0.717, 1.165) is 37.1 Å². The van der Waals surface area contributed by atoms with Crippen LogP contribution in [-0.4, -0.2) is 127 Å². The number of amides is 2. The zero-order valence-electron chi connectivity index (χ0n) is 29.0. The molecule has 5 rings (SSSR count). The van der Waals surface area contributed by atoms with Gasteiger partial charge in [-0.25, -0.2) is 13.1 Å². The molecule has 0 aliphatic carbocycles. The van der Waals surface area contributed by atoms with Gasteiger partial charge < -0.3 is 20.1 Å². The highest BCUT2D eigenvalue weighted by atomic mass is 32.2. The van der Waals surface area contributed by atoms with Crippen LogP contribution in [0.15, 0.2) is 29.4 Å². The minimum absolute atomic E-state index is 0.182. The molecule has 14 heteroatoms. The standard InChI is InChI=1S/C34H53N7O6S/c1-6-7-11-41-32(43)28(30(42)23(2)3)38-33(44)34(41)8-12-40(13-9-34)29(27-21-35-36-22-27)26-19-24(4)31(25(5)20-26)48(45,46)37-10-14-39-15-17-47-18-16-39/h19-23,28-30,37,42H,6-18H2,1-5H3,(H,35,36)(H,38,44)/t28-,29?,30-/m1/s1. The van der Waals surface area contributed by atoms with Crippen molar-refractivity contribution in [3.63, 3.8) is 0 Å². The number of nitrogens with zero attached hydrogens (tertiary/aromatic N) is 4. The van der Waals surface area contributed by atoms with Crippen LogP contribution in [0.5, 0.6) is 0 Å². The summed E-state index contributed by atoms with van der Waals surface area (Å²) in [6, 6.07) is 2.68. The third kappa shape index (κ3) is 7.48. The van der Waals surface area contributed by atoms with Crippen LogP contribution in [-0.2, 0) is 24.3 Å². The number of ether oxygens (including phenoxy) is 1. The summed E-state index contributed by atoms with van der Waals surface area (Å²) < 4.78 is 35.2. The lowest BCUT2D eigenvalue weighted by molar-refractivity contribution is -0.165. The summed E-state index contributed by atoms with van der Waals surface area (Å²) >= 11 is 0. The van der Waals surface area contributed by atoms with E-state index in [-0.39, 0.29) is 23.8 Å². The van der Waals surface area contributed by atoms with Gasteiger partial charge in [0.1, 0.15) is 11.6 Å². The largest absolute Gasteiger partial charge is 0.390 e. The van der Waals surface area contributed by atoms with Gasteiger partial charge in [-0.05, 0) is 55.7 Å². The number of aryl methyl sites for hydroxylation is 2. The SMILES string of the molecule is CCCCN1C(=O)[C@@H]([C@H](O)C(C)C)NC(=O)C12CCN(C(c1cn[nH]c1)c1cc(C)c(S(=O)(=O)NCCN3CCOCC3)c(C)c1)CC2. The van der Waals surface area contributed by atoms with E-state index in [0.29, 0.717) is 74.8 Å². The fourth-order valence-electron chi connectivity index (χ4n) is 7.57. The van der Waals surface area contributed by atoms with Gasteiger partial charge in [0.25, 0.3) is 0 Å². The smallest absolute Gasteiger partial charge is 0.248 e. The number of H-pyrrole nitrogens is 1. The molecule has 0 saturated carbocycles. The highest BCUT2D eigenvalue weighted by Gasteiger charge is 2.55. The third-order valence-corrected chi connectivity index (χ3v) is 12.0. The summed E-state index contributed by atoms with van der Waals surface area (Å²) in [6.45, 7) is 14.8. The number of hydrogen-bond acceptors (Lipinski definition) is 9. The number of sulfonamides is 1. The van der Waals surface area contributed by atoms with Gasteiger partial charge in [0.15, 0.2) is 0 Å². The predicted octanol–water partition coefficient (Wildman–Crippen LogP) is 1.71. The lowest BCUT2D eigenvalue weighted by Crippen LogP contribution is -2.75. The van der Waals surface area contributed by atoms with Crippen LogP contribution in [0.4, 0.5) is 0 Å². The maximum absolute atomic E-state index is 13.9. The van der Waals surface area contributed by atoms with E-state index in [1.54, 1.807) is 11.1 Å². The van der Waals surface area contributed by atoms with Crippen molar-refractivity contribution in [3.8, 4) is 0 Å². The molecule has 13 nitrogen and oxygen atoms in total. The summed E-state index contributed by atoms with van der Waals surface area (Å²) in [6.07, 6.45) is 5.17. The van der Waals surface area contributed by atoms with Crippen molar-refractivity contribution < 1.29 is 27.9 Å². The number of likely N-dealkylation sites (tertiary alicyclic amines) is 1. The molecule has 3 fully saturated rings. The van der Waals surface area contributed by atoms with Crippen LogP contribution in [0.3, 0.4) is 0 Å². The zero-order chi connectivity index (χ0) is 34.6. The van der Waals surface area contributed by atoms with E-state index >= 15 is 0 Å². The monoisotopic (exact) mass is 687 g/mol. The second kappa shape index (κ2) is 15.3. The number of unbranched alkanes of at least 4 members (excludes halogenated alkanes) is 1. The van der Waals surface area contributed by atoms with Crippen molar-refractivity contribution in [2.24, 2.45) is 5.92 Å². The maximum atomic E-state index is 13.9. The number of benzene rings is 1. The molecular formula is C34H53N7O6S. The molecule has 1 spiro atoms. The lowest BCUT2D eigenvalue weighted by atomic mass is 9.79.